The van der Waals surface area contributed by atoms with E-state index in [9.17, 15) is 18.0 Å². The highest BCUT2D eigenvalue weighted by molar-refractivity contribution is 6.32. The number of methoxy groups -OCH3 is 1. The Morgan fingerprint density at radius 2 is 1.71 bits per heavy atom. The average Bonchev–Trinajstić information content (AvgIpc) is 3.25. The minimum absolute atomic E-state index is 0. The molecule has 0 unspecified atom stereocenters. The van der Waals surface area contributed by atoms with Gasteiger partial charge in [-0.3, -0.25) is 4.79 Å². The third-order valence-corrected chi connectivity index (χ3v) is 5.55. The van der Waals surface area contributed by atoms with Crippen LogP contribution in [-0.4, -0.2) is 22.8 Å². The number of anilines is 1. The van der Waals surface area contributed by atoms with Crippen molar-refractivity contribution in [2.45, 2.75) is 6.18 Å². The fourth-order valence-corrected chi connectivity index (χ4v) is 3.75. The van der Waals surface area contributed by atoms with Crippen molar-refractivity contribution in [3.8, 4) is 22.7 Å². The van der Waals surface area contributed by atoms with Crippen molar-refractivity contribution in [1.82, 2.24) is 9.78 Å². The highest BCUT2D eigenvalue weighted by Crippen LogP contribution is 2.35. The summed E-state index contributed by atoms with van der Waals surface area (Å²) in [5.74, 6) is 0.0563. The second-order valence-corrected chi connectivity index (χ2v) is 7.97. The normalized spacial score (nSPS) is 11.4. The number of nitrogens with one attached hydrogen (secondary N) is 1. The standard InChI is InChI=1S/C24H16Cl2F3N3O2.H2/c1-34-21-11-10-16(12-18(21)26)30-23(33)15-8-6-14(7-9-15)20-13-22(24(27,28)29)31-32(20)19-5-3-2-4-17(19)25;/h2-13H,1H3,(H,30,33);1H. The van der Waals surface area contributed by atoms with Crippen molar-refractivity contribution in [1.29, 1.82) is 0 Å². The van der Waals surface area contributed by atoms with Crippen molar-refractivity contribution in [3.63, 3.8) is 0 Å². The van der Waals surface area contributed by atoms with Crippen molar-refractivity contribution < 1.29 is 24.1 Å². The van der Waals surface area contributed by atoms with Crippen molar-refractivity contribution in [2.24, 2.45) is 0 Å². The first-order valence-electron chi connectivity index (χ1n) is 9.85. The molecule has 10 heteroatoms. The molecule has 0 aliphatic carbocycles. The maximum atomic E-state index is 13.4. The highest BCUT2D eigenvalue weighted by Gasteiger charge is 2.35. The van der Waals surface area contributed by atoms with Crippen molar-refractivity contribution >= 4 is 34.8 Å². The van der Waals surface area contributed by atoms with E-state index in [0.29, 0.717) is 33.3 Å². The molecule has 1 aromatic heterocycles. The molecule has 0 saturated heterocycles. The predicted molar refractivity (Wildman–Crippen MR) is 127 cm³/mol. The van der Waals surface area contributed by atoms with Gasteiger partial charge in [-0.1, -0.05) is 47.5 Å². The van der Waals surface area contributed by atoms with Gasteiger partial charge < -0.3 is 10.1 Å². The molecule has 0 aliphatic rings. The summed E-state index contributed by atoms with van der Waals surface area (Å²) in [5.41, 5.74) is 0.608. The van der Waals surface area contributed by atoms with Gasteiger partial charge in [0.25, 0.3) is 5.91 Å². The predicted octanol–water partition coefficient (Wildman–Crippen LogP) is 7.37. The monoisotopic (exact) mass is 507 g/mol. The summed E-state index contributed by atoms with van der Waals surface area (Å²) in [6.07, 6.45) is -4.64. The van der Waals surface area contributed by atoms with Crippen LogP contribution in [0.2, 0.25) is 10.0 Å². The Hall–Kier alpha value is -3.49. The number of amides is 1. The van der Waals surface area contributed by atoms with Gasteiger partial charge in [0.15, 0.2) is 5.69 Å². The summed E-state index contributed by atoms with van der Waals surface area (Å²) in [4.78, 5) is 12.6. The average molecular weight is 508 g/mol. The molecule has 1 amide bonds. The molecule has 0 aliphatic heterocycles. The third-order valence-electron chi connectivity index (χ3n) is 4.93. The molecular weight excluding hydrogens is 490 g/mol. The zero-order valence-corrected chi connectivity index (χ0v) is 19.0. The maximum absolute atomic E-state index is 13.4. The number of aromatic nitrogens is 2. The van der Waals surface area contributed by atoms with E-state index < -0.39 is 17.8 Å². The number of rotatable bonds is 5. The minimum Gasteiger partial charge on any atom is -0.495 e. The molecule has 1 heterocycles. The lowest BCUT2D eigenvalue weighted by Gasteiger charge is -2.11. The summed E-state index contributed by atoms with van der Waals surface area (Å²) < 4.78 is 46.4. The van der Waals surface area contributed by atoms with Crippen LogP contribution in [0.5, 0.6) is 5.75 Å². The van der Waals surface area contributed by atoms with Gasteiger partial charge >= 0.3 is 6.18 Å². The highest BCUT2D eigenvalue weighted by atomic mass is 35.5. The third kappa shape index (κ3) is 4.88. The number of alkyl halides is 3. The lowest BCUT2D eigenvalue weighted by atomic mass is 10.1. The Kier molecular flexibility index (Phi) is 6.54. The molecule has 0 radical (unpaired) electrons. The van der Waals surface area contributed by atoms with Crippen LogP contribution in [0.1, 0.15) is 17.5 Å². The molecule has 1 N–H and O–H groups in total. The van der Waals surface area contributed by atoms with E-state index in [1.807, 2.05) is 0 Å². The molecule has 3 aromatic carbocycles. The van der Waals surface area contributed by atoms with E-state index in [1.165, 1.54) is 19.2 Å². The fraction of sp³-hybridized carbons (Fsp3) is 0.0833. The molecule has 0 spiro atoms. The van der Waals surface area contributed by atoms with Gasteiger partial charge in [0.1, 0.15) is 5.75 Å². The van der Waals surface area contributed by atoms with Gasteiger partial charge in [0, 0.05) is 18.2 Å². The first kappa shape index (κ1) is 23.7. The Morgan fingerprint density at radius 3 is 2.32 bits per heavy atom. The molecule has 4 aromatic rings. The summed E-state index contributed by atoms with van der Waals surface area (Å²) in [6, 6.07) is 18.3. The van der Waals surface area contributed by atoms with Gasteiger partial charge in [0.05, 0.1) is 28.5 Å². The summed E-state index contributed by atoms with van der Waals surface area (Å²) in [6.45, 7) is 0. The zero-order chi connectivity index (χ0) is 24.5. The number of ether oxygens (including phenoxy) is 1. The van der Waals surface area contributed by atoms with Gasteiger partial charge in [-0.15, -0.1) is 0 Å². The van der Waals surface area contributed by atoms with E-state index in [-0.39, 0.29) is 12.1 Å². The number of nitrogens with zero attached hydrogens (tertiary/aromatic N) is 2. The van der Waals surface area contributed by atoms with E-state index in [4.69, 9.17) is 27.9 Å². The van der Waals surface area contributed by atoms with Crippen molar-refractivity contribution in [3.05, 3.63) is 94.1 Å². The van der Waals surface area contributed by atoms with Crippen LogP contribution in [0.25, 0.3) is 16.9 Å². The lowest BCUT2D eigenvalue weighted by Crippen LogP contribution is -2.11. The summed E-state index contributed by atoms with van der Waals surface area (Å²) >= 11 is 12.3. The smallest absolute Gasteiger partial charge is 0.435 e. The van der Waals surface area contributed by atoms with Crippen LogP contribution in [-0.2, 0) is 6.18 Å². The maximum Gasteiger partial charge on any atom is 0.435 e. The Morgan fingerprint density at radius 1 is 1.00 bits per heavy atom. The fourth-order valence-electron chi connectivity index (χ4n) is 3.27. The quantitative estimate of drug-likeness (QED) is 0.306. The van der Waals surface area contributed by atoms with E-state index in [1.54, 1.807) is 54.6 Å². The van der Waals surface area contributed by atoms with E-state index in [0.717, 1.165) is 10.7 Å². The number of hydrogen-bond acceptors (Lipinski definition) is 3. The number of hydrogen-bond donors (Lipinski definition) is 1. The molecule has 0 saturated carbocycles. The number of carbonyl (C=O) groups excluding carboxylic acids is 1. The lowest BCUT2D eigenvalue weighted by molar-refractivity contribution is -0.141. The topological polar surface area (TPSA) is 56.1 Å². The number of para-hydroxylation sites is 1. The van der Waals surface area contributed by atoms with Crippen LogP contribution in [0.3, 0.4) is 0 Å². The van der Waals surface area contributed by atoms with E-state index in [2.05, 4.69) is 10.4 Å². The number of carbonyl (C=O) groups is 1. The molecule has 0 atom stereocenters. The van der Waals surface area contributed by atoms with Crippen molar-refractivity contribution in [2.75, 3.05) is 12.4 Å². The van der Waals surface area contributed by atoms with Gasteiger partial charge in [-0.05, 0) is 48.5 Å². The van der Waals surface area contributed by atoms with E-state index >= 15 is 0 Å². The molecule has 4 rings (SSSR count). The Bertz CT molecular complexity index is 1360. The van der Waals surface area contributed by atoms with Gasteiger partial charge in [-0.25, -0.2) is 4.68 Å². The molecule has 176 valence electrons. The first-order valence-corrected chi connectivity index (χ1v) is 10.6. The molecule has 0 bridgehead atoms. The van der Waals surface area contributed by atoms with Crippen LogP contribution < -0.4 is 10.1 Å². The molecular formula is C24H18Cl2F3N3O2. The van der Waals surface area contributed by atoms with Crippen LogP contribution in [0, 0.1) is 0 Å². The molecule has 5 nitrogen and oxygen atoms in total. The van der Waals surface area contributed by atoms with Crippen LogP contribution in [0.15, 0.2) is 72.8 Å². The second kappa shape index (κ2) is 9.40. The Labute approximate surface area is 204 Å². The number of benzene rings is 3. The second-order valence-electron chi connectivity index (χ2n) is 7.16. The largest absolute Gasteiger partial charge is 0.495 e. The molecule has 34 heavy (non-hydrogen) atoms. The summed E-state index contributed by atoms with van der Waals surface area (Å²) in [7, 11) is 1.48. The minimum atomic E-state index is -4.64. The zero-order valence-electron chi connectivity index (χ0n) is 17.5. The number of halogens is 5. The van der Waals surface area contributed by atoms with Crippen LogP contribution in [0.4, 0.5) is 18.9 Å². The van der Waals surface area contributed by atoms with Gasteiger partial charge in [0.2, 0.25) is 0 Å². The summed E-state index contributed by atoms with van der Waals surface area (Å²) in [5, 5.41) is 7.03. The Balaban J connectivity index is 0.00000342. The SMILES string of the molecule is COc1ccc(NC(=O)c2ccc(-c3cc(C(F)(F)F)nn3-c3ccccc3Cl)cc2)cc1Cl.[HH]. The first-order chi connectivity index (χ1) is 16.2. The van der Waals surface area contributed by atoms with Gasteiger partial charge in [-0.2, -0.15) is 18.3 Å². The molecule has 0 fully saturated rings. The van der Waals surface area contributed by atoms with Crippen LogP contribution >= 0.6 is 23.2 Å².